The smallest absolute Gasteiger partial charge is 0.319 e. The van der Waals surface area contributed by atoms with Crippen LogP contribution < -0.4 is 10.6 Å². The van der Waals surface area contributed by atoms with Crippen LogP contribution in [0.4, 0.5) is 4.79 Å². The molecule has 0 aromatic rings. The third-order valence-electron chi connectivity index (χ3n) is 3.80. The Bertz CT molecular complexity index is 269. The monoisotopic (exact) mass is 184 g/mol. The molecule has 2 amide bonds. The number of nitrogens with one attached hydrogen (secondary N) is 2. The minimum atomic E-state index is -1.42. The molecule has 3 fully saturated rings. The van der Waals surface area contributed by atoms with E-state index in [0.717, 1.165) is 19.3 Å². The summed E-state index contributed by atoms with van der Waals surface area (Å²) < 4.78 is 0. The van der Waals surface area contributed by atoms with E-state index in [4.69, 9.17) is 0 Å². The van der Waals surface area contributed by atoms with Crippen molar-refractivity contribution >= 4 is 6.03 Å². The molecular formula is C8H12N2O3. The number of carbonyl (C=O) groups excluding carboxylic acids is 1. The predicted molar refractivity (Wildman–Crippen MR) is 42.4 cm³/mol. The average Bonchev–Trinajstić information content (AvgIpc) is 2.59. The molecule has 4 N–H and O–H groups in total. The minimum Gasteiger partial charge on any atom is -0.366 e. The Morgan fingerprint density at radius 1 is 1.15 bits per heavy atom. The summed E-state index contributed by atoms with van der Waals surface area (Å²) in [6.45, 7) is 0. The van der Waals surface area contributed by atoms with Gasteiger partial charge in [-0.1, -0.05) is 0 Å². The van der Waals surface area contributed by atoms with Gasteiger partial charge in [-0.2, -0.15) is 0 Å². The maximum atomic E-state index is 11.0. The van der Waals surface area contributed by atoms with E-state index in [1.807, 2.05) is 0 Å². The summed E-state index contributed by atoms with van der Waals surface area (Å²) in [7, 11) is 0. The summed E-state index contributed by atoms with van der Waals surface area (Å²) in [5.41, 5.74) is -2.85. The summed E-state index contributed by atoms with van der Waals surface area (Å²) in [6, 6.07) is -0.471. The van der Waals surface area contributed by atoms with Crippen molar-refractivity contribution in [2.75, 3.05) is 0 Å². The molecule has 0 aromatic carbocycles. The first-order valence-electron chi connectivity index (χ1n) is 4.61. The quantitative estimate of drug-likeness (QED) is 0.394. The van der Waals surface area contributed by atoms with Gasteiger partial charge in [-0.25, -0.2) is 4.79 Å². The van der Waals surface area contributed by atoms with Gasteiger partial charge in [0.25, 0.3) is 0 Å². The van der Waals surface area contributed by atoms with Crippen LogP contribution in [-0.4, -0.2) is 27.7 Å². The predicted octanol–water partition coefficient (Wildman–Crippen LogP) is -0.894. The molecule has 5 nitrogen and oxygen atoms in total. The molecule has 1 heterocycles. The number of fused-ring (bicyclic) bond motifs is 5. The molecule has 1 saturated heterocycles. The molecule has 0 radical (unpaired) electrons. The van der Waals surface area contributed by atoms with Crippen molar-refractivity contribution in [1.29, 1.82) is 0 Å². The fraction of sp³-hybridized carbons (Fsp3) is 0.875. The number of aliphatic hydroxyl groups is 2. The summed E-state index contributed by atoms with van der Waals surface area (Å²) in [5, 5.41) is 25.1. The lowest BCUT2D eigenvalue weighted by Gasteiger charge is -2.39. The van der Waals surface area contributed by atoms with Crippen molar-refractivity contribution in [3.63, 3.8) is 0 Å². The molecule has 2 bridgehead atoms. The topological polar surface area (TPSA) is 81.6 Å². The van der Waals surface area contributed by atoms with Crippen LogP contribution in [0, 0.1) is 11.8 Å². The van der Waals surface area contributed by atoms with Crippen LogP contribution in [0.25, 0.3) is 0 Å². The fourth-order valence-corrected chi connectivity index (χ4v) is 3.13. The minimum absolute atomic E-state index is 0.00134. The average molecular weight is 184 g/mol. The Morgan fingerprint density at radius 3 is 2.08 bits per heavy atom. The van der Waals surface area contributed by atoms with Crippen molar-refractivity contribution in [3.05, 3.63) is 0 Å². The Kier molecular flexibility index (Phi) is 1.07. The van der Waals surface area contributed by atoms with Gasteiger partial charge in [0.05, 0.1) is 0 Å². The molecule has 0 unspecified atom stereocenters. The van der Waals surface area contributed by atoms with Gasteiger partial charge in [0, 0.05) is 11.8 Å². The maximum Gasteiger partial charge on any atom is 0.319 e. The van der Waals surface area contributed by atoms with Crippen molar-refractivity contribution < 1.29 is 15.0 Å². The van der Waals surface area contributed by atoms with E-state index < -0.39 is 17.5 Å². The van der Waals surface area contributed by atoms with E-state index in [2.05, 4.69) is 10.6 Å². The second kappa shape index (κ2) is 1.83. The number of urea groups is 1. The van der Waals surface area contributed by atoms with Crippen LogP contribution in [0.5, 0.6) is 0 Å². The second-order valence-electron chi connectivity index (χ2n) is 4.32. The van der Waals surface area contributed by atoms with E-state index in [1.165, 1.54) is 0 Å². The van der Waals surface area contributed by atoms with E-state index in [9.17, 15) is 15.0 Å². The van der Waals surface area contributed by atoms with Crippen LogP contribution in [0.2, 0.25) is 0 Å². The number of hydrogen-bond donors (Lipinski definition) is 4. The lowest BCUT2D eigenvalue weighted by Crippen LogP contribution is -2.63. The third kappa shape index (κ3) is 0.615. The Balaban J connectivity index is 2.10. The molecule has 1 aliphatic heterocycles. The Labute approximate surface area is 75.1 Å². The van der Waals surface area contributed by atoms with Crippen molar-refractivity contribution in [1.82, 2.24) is 10.6 Å². The van der Waals surface area contributed by atoms with E-state index in [0.29, 0.717) is 0 Å². The lowest BCUT2D eigenvalue weighted by atomic mass is 9.85. The largest absolute Gasteiger partial charge is 0.366 e. The molecule has 5 heteroatoms. The van der Waals surface area contributed by atoms with Gasteiger partial charge in [-0.15, -0.1) is 0 Å². The molecule has 3 aliphatic rings. The number of rotatable bonds is 0. The van der Waals surface area contributed by atoms with Gasteiger partial charge < -0.3 is 20.8 Å². The van der Waals surface area contributed by atoms with Crippen LogP contribution in [0.1, 0.15) is 19.3 Å². The summed E-state index contributed by atoms with van der Waals surface area (Å²) in [5.74, 6) is 0.00269. The molecule has 2 aliphatic carbocycles. The van der Waals surface area contributed by atoms with Crippen molar-refractivity contribution in [3.8, 4) is 0 Å². The SMILES string of the molecule is O=C1N[C@@]2(O)[C@@H]3CC[C@@H](C3)[C@@]2(O)N1. The first-order chi connectivity index (χ1) is 6.06. The van der Waals surface area contributed by atoms with Crippen LogP contribution in [-0.2, 0) is 0 Å². The van der Waals surface area contributed by atoms with Gasteiger partial charge in [-0.3, -0.25) is 0 Å². The van der Waals surface area contributed by atoms with Gasteiger partial charge in [0.15, 0.2) is 11.4 Å². The summed E-state index contributed by atoms with van der Waals surface area (Å²) in [4.78, 5) is 11.0. The zero-order valence-electron chi connectivity index (χ0n) is 7.08. The van der Waals surface area contributed by atoms with E-state index in [-0.39, 0.29) is 11.8 Å². The van der Waals surface area contributed by atoms with E-state index >= 15 is 0 Å². The molecule has 2 saturated carbocycles. The first kappa shape index (κ1) is 7.58. The van der Waals surface area contributed by atoms with Gasteiger partial charge in [-0.05, 0) is 19.3 Å². The van der Waals surface area contributed by atoms with Crippen molar-refractivity contribution in [2.24, 2.45) is 11.8 Å². The lowest BCUT2D eigenvalue weighted by molar-refractivity contribution is -0.181. The molecule has 3 rings (SSSR count). The number of carbonyl (C=O) groups is 1. The highest BCUT2D eigenvalue weighted by molar-refractivity contribution is 5.79. The molecule has 0 aromatic heterocycles. The van der Waals surface area contributed by atoms with Crippen LogP contribution in [0.15, 0.2) is 0 Å². The second-order valence-corrected chi connectivity index (χ2v) is 4.32. The molecular weight excluding hydrogens is 172 g/mol. The van der Waals surface area contributed by atoms with Crippen LogP contribution >= 0.6 is 0 Å². The first-order valence-corrected chi connectivity index (χ1v) is 4.61. The molecule has 13 heavy (non-hydrogen) atoms. The third-order valence-corrected chi connectivity index (χ3v) is 3.80. The zero-order chi connectivity index (χ0) is 9.27. The summed E-state index contributed by atoms with van der Waals surface area (Å²) in [6.07, 6.45) is 2.55. The van der Waals surface area contributed by atoms with Crippen LogP contribution in [0.3, 0.4) is 0 Å². The van der Waals surface area contributed by atoms with Gasteiger partial charge in [0.1, 0.15) is 0 Å². The van der Waals surface area contributed by atoms with Gasteiger partial charge in [0.2, 0.25) is 0 Å². The Morgan fingerprint density at radius 2 is 1.62 bits per heavy atom. The number of amides is 2. The van der Waals surface area contributed by atoms with Crippen molar-refractivity contribution in [2.45, 2.75) is 30.7 Å². The maximum absolute atomic E-state index is 11.0. The highest BCUT2D eigenvalue weighted by atomic mass is 16.4. The highest BCUT2D eigenvalue weighted by Gasteiger charge is 2.71. The standard InChI is InChI=1S/C8H12N2O3/c11-6-9-7(12)4-1-2-5(3-4)8(7,13)10-6/h4-5,12-13H,1-3H2,(H2,9,10,11)/t4-,5+,7-,8+. The zero-order valence-corrected chi connectivity index (χ0v) is 7.08. The van der Waals surface area contributed by atoms with Gasteiger partial charge >= 0.3 is 6.03 Å². The molecule has 0 spiro atoms. The fourth-order valence-electron chi connectivity index (χ4n) is 3.13. The normalized spacial score (nSPS) is 57.5. The highest BCUT2D eigenvalue weighted by Crippen LogP contribution is 2.55. The Hall–Kier alpha value is -0.810. The molecule has 4 atom stereocenters. The molecule has 72 valence electrons. The van der Waals surface area contributed by atoms with E-state index in [1.54, 1.807) is 0 Å². The summed E-state index contributed by atoms with van der Waals surface area (Å²) >= 11 is 0. The number of hydrogen-bond acceptors (Lipinski definition) is 3.